The highest BCUT2D eigenvalue weighted by Gasteiger charge is 2.29. The molecule has 1 N–H and O–H groups in total. The summed E-state index contributed by atoms with van der Waals surface area (Å²) in [6.07, 6.45) is 3.79. The van der Waals surface area contributed by atoms with Gasteiger partial charge in [-0.3, -0.25) is 4.90 Å². The lowest BCUT2D eigenvalue weighted by Gasteiger charge is -2.44. The number of likely N-dealkylation sites (tertiary alicyclic amines) is 1. The molecular weight excluding hydrogens is 284 g/mol. The minimum atomic E-state index is -2.71. The van der Waals surface area contributed by atoms with Gasteiger partial charge in [0.2, 0.25) is 0 Å². The van der Waals surface area contributed by atoms with E-state index in [1.54, 1.807) is 20.8 Å². The molecule has 3 fully saturated rings. The number of nitrogens with zero attached hydrogens (tertiary/aromatic N) is 3. The second-order valence-corrected chi connectivity index (χ2v) is 8.02. The largest absolute Gasteiger partial charge is 0.317 e. The molecule has 0 aromatic heterocycles. The van der Waals surface area contributed by atoms with Crippen LogP contribution in [0.1, 0.15) is 57.4 Å². The van der Waals surface area contributed by atoms with Crippen LogP contribution in [-0.4, -0.2) is 85.0 Å². The third kappa shape index (κ3) is 4.91. The summed E-state index contributed by atoms with van der Waals surface area (Å²) < 4.78 is 68.6. The number of hydrogen-bond donors (Lipinski definition) is 1. The van der Waals surface area contributed by atoms with Crippen LogP contribution in [0.4, 0.5) is 0 Å². The van der Waals surface area contributed by atoms with E-state index in [9.17, 15) is 0 Å². The van der Waals surface area contributed by atoms with Gasteiger partial charge in [-0.1, -0.05) is 0 Å². The topological polar surface area (TPSA) is 21.8 Å². The zero-order valence-electron chi connectivity index (χ0n) is 22.9. The molecule has 3 heterocycles. The SMILES string of the molecule is [2H]C1([2H])N(CC2CCN(C3CCNCC3)CC2)C([2H])([2H])C([2H])([2H])N(C(C)(C)C)C1([2H])[2H]. The van der Waals surface area contributed by atoms with E-state index in [1.807, 2.05) is 0 Å². The molecule has 0 amide bonds. The Morgan fingerprint density at radius 1 is 0.957 bits per heavy atom. The van der Waals surface area contributed by atoms with Gasteiger partial charge in [-0.05, 0) is 78.6 Å². The van der Waals surface area contributed by atoms with Crippen molar-refractivity contribution in [2.45, 2.75) is 58.0 Å². The Bertz CT molecular complexity index is 609. The molecule has 0 aromatic carbocycles. The van der Waals surface area contributed by atoms with E-state index in [1.165, 1.54) is 0 Å². The first-order chi connectivity index (χ1) is 14.0. The van der Waals surface area contributed by atoms with Crippen molar-refractivity contribution in [3.8, 4) is 0 Å². The molecule has 0 bridgehead atoms. The van der Waals surface area contributed by atoms with Gasteiger partial charge in [0.05, 0.1) is 0 Å². The molecule has 0 spiro atoms. The number of nitrogens with one attached hydrogen (secondary N) is 1. The second-order valence-electron chi connectivity index (χ2n) is 8.02. The summed E-state index contributed by atoms with van der Waals surface area (Å²) in [4.78, 5) is 4.03. The van der Waals surface area contributed by atoms with Gasteiger partial charge in [0, 0.05) is 55.1 Å². The molecule has 3 aliphatic heterocycles. The van der Waals surface area contributed by atoms with Gasteiger partial charge in [0.25, 0.3) is 0 Å². The van der Waals surface area contributed by atoms with Crippen LogP contribution in [0.3, 0.4) is 0 Å². The zero-order valence-corrected chi connectivity index (χ0v) is 14.9. The van der Waals surface area contributed by atoms with Crippen molar-refractivity contribution in [1.29, 1.82) is 0 Å². The lowest BCUT2D eigenvalue weighted by atomic mass is 9.93. The quantitative estimate of drug-likeness (QED) is 0.853. The first-order valence-corrected chi connectivity index (χ1v) is 9.07. The molecule has 3 saturated heterocycles. The average molecular weight is 331 g/mol. The van der Waals surface area contributed by atoms with Crippen LogP contribution in [0.2, 0.25) is 0 Å². The molecule has 0 aromatic rings. The minimum Gasteiger partial charge on any atom is -0.317 e. The summed E-state index contributed by atoms with van der Waals surface area (Å²) >= 11 is 0. The third-order valence-corrected chi connectivity index (χ3v) is 5.18. The number of piperazine rings is 1. The highest BCUT2D eigenvalue weighted by Crippen LogP contribution is 2.24. The summed E-state index contributed by atoms with van der Waals surface area (Å²) in [6, 6.07) is 0.554. The Kier molecular flexibility index (Phi) is 3.43. The summed E-state index contributed by atoms with van der Waals surface area (Å²) in [7, 11) is 0. The fraction of sp³-hybridized carbons (Fsp3) is 1.00. The molecule has 3 rings (SSSR count). The second kappa shape index (κ2) is 7.81. The standard InChI is InChI=1S/C19H38N4/c1-19(2,3)23-14-12-21(13-15-23)16-17-6-10-22(11-7-17)18-4-8-20-9-5-18/h17-18,20H,4-16H2,1-3H3/i12D2,13D2,14D2,15D2. The number of hydrogen-bond acceptors (Lipinski definition) is 4. The Hall–Kier alpha value is -0.160. The van der Waals surface area contributed by atoms with Crippen molar-refractivity contribution in [2.75, 3.05) is 58.7 Å². The molecule has 4 heteroatoms. The molecule has 23 heavy (non-hydrogen) atoms. The molecule has 0 radical (unpaired) electrons. The molecule has 3 aliphatic rings. The van der Waals surface area contributed by atoms with Crippen LogP contribution in [0, 0.1) is 5.92 Å². The first-order valence-electron chi connectivity index (χ1n) is 13.1. The van der Waals surface area contributed by atoms with Crippen LogP contribution in [0.5, 0.6) is 0 Å². The Morgan fingerprint density at radius 3 is 2.13 bits per heavy atom. The van der Waals surface area contributed by atoms with Gasteiger partial charge in [0.1, 0.15) is 0 Å². The van der Waals surface area contributed by atoms with E-state index in [2.05, 4.69) is 10.2 Å². The van der Waals surface area contributed by atoms with E-state index < -0.39 is 31.5 Å². The first kappa shape index (κ1) is 10.1. The molecule has 4 nitrogen and oxygen atoms in total. The predicted octanol–water partition coefficient (Wildman–Crippen LogP) is 1.87. The van der Waals surface area contributed by atoms with E-state index in [0.29, 0.717) is 6.04 Å². The predicted molar refractivity (Wildman–Crippen MR) is 98.0 cm³/mol. The Balaban J connectivity index is 1.79. The third-order valence-electron chi connectivity index (χ3n) is 5.18. The zero-order chi connectivity index (χ0) is 23.5. The van der Waals surface area contributed by atoms with Crippen LogP contribution in [0.15, 0.2) is 0 Å². The van der Waals surface area contributed by atoms with Crippen molar-refractivity contribution < 1.29 is 11.0 Å². The minimum absolute atomic E-state index is 0.00291. The summed E-state index contributed by atoms with van der Waals surface area (Å²) in [5.74, 6) is -0.00379. The van der Waals surface area contributed by atoms with Crippen LogP contribution in [0.25, 0.3) is 0 Å². The van der Waals surface area contributed by atoms with Crippen LogP contribution >= 0.6 is 0 Å². The maximum Gasteiger partial charge on any atom is 0.0444 e. The van der Waals surface area contributed by atoms with E-state index in [0.717, 1.165) is 61.7 Å². The maximum absolute atomic E-state index is 8.60. The van der Waals surface area contributed by atoms with Gasteiger partial charge in [-0.2, -0.15) is 0 Å². The van der Waals surface area contributed by atoms with E-state index in [4.69, 9.17) is 11.0 Å². The lowest BCUT2D eigenvalue weighted by Crippen LogP contribution is -2.54. The lowest BCUT2D eigenvalue weighted by molar-refractivity contribution is 0.0426. The molecule has 0 unspecified atom stereocenters. The highest BCUT2D eigenvalue weighted by atomic mass is 15.3. The maximum atomic E-state index is 8.60. The van der Waals surface area contributed by atoms with Crippen LogP contribution in [-0.2, 0) is 0 Å². The van der Waals surface area contributed by atoms with E-state index >= 15 is 0 Å². The van der Waals surface area contributed by atoms with Gasteiger partial charge in [-0.25, -0.2) is 0 Å². The summed E-state index contributed by atoms with van der Waals surface area (Å²) in [5.41, 5.74) is -1.11. The molecule has 0 saturated carbocycles. The molecule has 134 valence electrons. The van der Waals surface area contributed by atoms with Crippen molar-refractivity contribution in [2.24, 2.45) is 5.92 Å². The van der Waals surface area contributed by atoms with Crippen molar-refractivity contribution in [3.63, 3.8) is 0 Å². The Morgan fingerprint density at radius 2 is 1.57 bits per heavy atom. The molecule has 0 aliphatic carbocycles. The van der Waals surface area contributed by atoms with Crippen molar-refractivity contribution in [3.05, 3.63) is 0 Å². The van der Waals surface area contributed by atoms with E-state index in [-0.39, 0.29) is 12.5 Å². The Labute approximate surface area is 154 Å². The number of rotatable bonds is 3. The molecular formula is C19H38N4. The van der Waals surface area contributed by atoms with Crippen molar-refractivity contribution in [1.82, 2.24) is 20.0 Å². The fourth-order valence-electron chi connectivity index (χ4n) is 3.63. The highest BCUT2D eigenvalue weighted by molar-refractivity contribution is 4.85. The van der Waals surface area contributed by atoms with Gasteiger partial charge in [0.15, 0.2) is 0 Å². The average Bonchev–Trinajstić information content (AvgIpc) is 2.64. The monoisotopic (exact) mass is 330 g/mol. The van der Waals surface area contributed by atoms with Gasteiger partial charge >= 0.3 is 0 Å². The van der Waals surface area contributed by atoms with Gasteiger partial charge < -0.3 is 15.1 Å². The normalized spacial score (nSPS) is 42.2. The fourth-order valence-corrected chi connectivity index (χ4v) is 3.63. The van der Waals surface area contributed by atoms with Crippen LogP contribution < -0.4 is 5.32 Å². The molecule has 0 atom stereocenters. The smallest absolute Gasteiger partial charge is 0.0444 e. The number of piperidine rings is 2. The summed E-state index contributed by atoms with van der Waals surface area (Å²) in [5, 5.41) is 3.37. The summed E-state index contributed by atoms with van der Waals surface area (Å²) in [6.45, 7) is -2.29. The van der Waals surface area contributed by atoms with Gasteiger partial charge in [-0.15, -0.1) is 0 Å². The van der Waals surface area contributed by atoms with Crippen molar-refractivity contribution >= 4 is 0 Å².